The van der Waals surface area contributed by atoms with Gasteiger partial charge in [0.15, 0.2) is 6.20 Å². The van der Waals surface area contributed by atoms with Crippen molar-refractivity contribution in [2.45, 2.75) is 6.43 Å². The molecule has 0 fully saturated rings. The van der Waals surface area contributed by atoms with Crippen LogP contribution in [-0.4, -0.2) is 17.0 Å². The highest BCUT2D eigenvalue weighted by Crippen LogP contribution is 2.37. The van der Waals surface area contributed by atoms with Gasteiger partial charge in [0, 0.05) is 0 Å². The number of nitrogens with zero attached hydrogens (tertiary/aromatic N) is 3. The zero-order chi connectivity index (χ0) is 12.3. The third-order valence-corrected chi connectivity index (χ3v) is 1.77. The highest BCUT2D eigenvalue weighted by atomic mass is 19.3. The summed E-state index contributed by atoms with van der Waals surface area (Å²) in [6, 6.07) is 1.47. The van der Waals surface area contributed by atoms with Gasteiger partial charge in [-0.3, -0.25) is 0 Å². The molecule has 0 saturated carbocycles. The fourth-order valence-electron chi connectivity index (χ4n) is 1.13. The van der Waals surface area contributed by atoms with Gasteiger partial charge in [-0.25, -0.2) is 8.78 Å². The molecule has 1 aromatic rings. The van der Waals surface area contributed by atoms with Crippen molar-refractivity contribution in [3.63, 3.8) is 0 Å². The fourth-order valence-corrected chi connectivity index (χ4v) is 1.13. The Morgan fingerprint density at radius 3 is 2.69 bits per heavy atom. The number of hydrogen-bond donors (Lipinski definition) is 0. The predicted molar refractivity (Wildman–Crippen MR) is 47.1 cm³/mol. The summed E-state index contributed by atoms with van der Waals surface area (Å²) in [6.45, 7) is 0. The van der Waals surface area contributed by atoms with E-state index in [1.165, 1.54) is 6.07 Å². The second kappa shape index (κ2) is 4.48. The van der Waals surface area contributed by atoms with E-state index in [4.69, 9.17) is 5.26 Å². The Hall–Kier alpha value is -2.30. The second-order valence-electron chi connectivity index (χ2n) is 2.61. The molecular weight excluding hydrogens is 224 g/mol. The molecule has 0 radical (unpaired) electrons. The molecule has 84 valence electrons. The lowest BCUT2D eigenvalue weighted by Crippen LogP contribution is -2.03. The van der Waals surface area contributed by atoms with Crippen molar-refractivity contribution in [3.05, 3.63) is 27.4 Å². The topological polar surface area (TPSA) is 89.1 Å². The largest absolute Gasteiger partial charge is 0.489 e. The molecule has 0 aliphatic heterocycles. The summed E-state index contributed by atoms with van der Waals surface area (Å²) < 4.78 is 29.8. The number of ether oxygens (including phenoxy) is 1. The third kappa shape index (κ3) is 1.88. The Kier molecular flexibility index (Phi) is 3.30. The molecule has 6 nitrogen and oxygen atoms in total. The maximum atomic E-state index is 12.6. The average molecular weight is 229 g/mol. The van der Waals surface area contributed by atoms with E-state index in [9.17, 15) is 18.9 Å². The number of halogens is 2. The van der Waals surface area contributed by atoms with Crippen LogP contribution in [0.3, 0.4) is 0 Å². The van der Waals surface area contributed by atoms with Crippen molar-refractivity contribution in [2.24, 2.45) is 0 Å². The van der Waals surface area contributed by atoms with Gasteiger partial charge in [0.1, 0.15) is 11.6 Å². The number of alkyl halides is 2. The number of rotatable bonds is 3. The number of nitriles is 1. The first kappa shape index (κ1) is 11.8. The first-order valence-corrected chi connectivity index (χ1v) is 3.92. The van der Waals surface area contributed by atoms with Crippen molar-refractivity contribution in [2.75, 3.05) is 7.11 Å². The molecule has 0 amide bonds. The lowest BCUT2D eigenvalue weighted by Gasteiger charge is -2.07. The van der Waals surface area contributed by atoms with Crippen LogP contribution in [0.2, 0.25) is 0 Å². The molecule has 16 heavy (non-hydrogen) atoms. The van der Waals surface area contributed by atoms with Gasteiger partial charge in [-0.2, -0.15) is 5.26 Å². The summed E-state index contributed by atoms with van der Waals surface area (Å²) >= 11 is 0. The van der Waals surface area contributed by atoms with Gasteiger partial charge in [-0.15, -0.1) is 0 Å². The molecule has 0 atom stereocenters. The first-order valence-electron chi connectivity index (χ1n) is 3.92. The molecule has 0 aliphatic carbocycles. The van der Waals surface area contributed by atoms with Crippen molar-refractivity contribution in [1.82, 2.24) is 4.98 Å². The van der Waals surface area contributed by atoms with Crippen LogP contribution in [0.25, 0.3) is 0 Å². The highest BCUT2D eigenvalue weighted by Gasteiger charge is 2.29. The van der Waals surface area contributed by atoms with Crippen LogP contribution in [0.1, 0.15) is 17.6 Å². The number of methoxy groups -OCH3 is 1. The molecule has 8 heteroatoms. The number of hydrogen-bond acceptors (Lipinski definition) is 5. The Bertz CT molecular complexity index is 470. The maximum absolute atomic E-state index is 12.6. The molecule has 0 spiro atoms. The smallest absolute Gasteiger partial charge is 0.406 e. The van der Waals surface area contributed by atoms with Gasteiger partial charge in [0.2, 0.25) is 5.75 Å². The zero-order valence-corrected chi connectivity index (χ0v) is 7.98. The monoisotopic (exact) mass is 229 g/mol. The lowest BCUT2D eigenvalue weighted by molar-refractivity contribution is -0.390. The van der Waals surface area contributed by atoms with Crippen molar-refractivity contribution in [3.8, 4) is 11.8 Å². The maximum Gasteiger partial charge on any atom is 0.406 e. The summed E-state index contributed by atoms with van der Waals surface area (Å²) in [6.07, 6.45) is -2.33. The molecule has 0 aliphatic rings. The summed E-state index contributed by atoms with van der Waals surface area (Å²) in [7, 11) is 0.997. The molecule has 0 aromatic carbocycles. The minimum absolute atomic E-state index is 0.447. The van der Waals surface area contributed by atoms with Gasteiger partial charge in [-0.05, 0) is 9.91 Å². The fraction of sp³-hybridized carbons (Fsp3) is 0.250. The van der Waals surface area contributed by atoms with Crippen LogP contribution in [0, 0.1) is 21.4 Å². The molecule has 1 rings (SSSR count). The molecule has 0 unspecified atom stereocenters. The minimum Gasteiger partial charge on any atom is -0.489 e. The first-order chi connectivity index (χ1) is 7.52. The van der Waals surface area contributed by atoms with Crippen LogP contribution < -0.4 is 4.74 Å². The minimum atomic E-state index is -3.05. The van der Waals surface area contributed by atoms with Crippen LogP contribution in [0.5, 0.6) is 5.75 Å². The van der Waals surface area contributed by atoms with Crippen molar-refractivity contribution >= 4 is 5.82 Å². The Morgan fingerprint density at radius 2 is 2.31 bits per heavy atom. The number of nitro groups is 1. The van der Waals surface area contributed by atoms with E-state index in [0.717, 1.165) is 13.3 Å². The Balaban J connectivity index is 3.57. The second-order valence-corrected chi connectivity index (χ2v) is 2.61. The third-order valence-electron chi connectivity index (χ3n) is 1.77. The van der Waals surface area contributed by atoms with E-state index in [1.54, 1.807) is 0 Å². The van der Waals surface area contributed by atoms with Crippen LogP contribution in [0.15, 0.2) is 6.20 Å². The molecule has 0 bridgehead atoms. The summed E-state index contributed by atoms with van der Waals surface area (Å²) in [5.74, 6) is -1.52. The van der Waals surface area contributed by atoms with E-state index in [2.05, 4.69) is 9.72 Å². The molecule has 1 heterocycles. The lowest BCUT2D eigenvalue weighted by atomic mass is 10.1. The van der Waals surface area contributed by atoms with Gasteiger partial charge in [0.05, 0.1) is 12.7 Å². The van der Waals surface area contributed by atoms with E-state index in [-0.39, 0.29) is 0 Å². The Labute approximate surface area is 88.2 Å². The van der Waals surface area contributed by atoms with Gasteiger partial charge in [-0.1, -0.05) is 0 Å². The molecule has 1 aromatic heterocycles. The number of aromatic nitrogens is 1. The van der Waals surface area contributed by atoms with Crippen molar-refractivity contribution in [1.29, 1.82) is 5.26 Å². The standard InChI is InChI=1S/C8H5F2N3O3/c1-16-6-5(7(9)10)4(2-11)3-12-8(6)13(14)15/h3,7H,1H3. The van der Waals surface area contributed by atoms with Gasteiger partial charge in [0.25, 0.3) is 6.43 Å². The van der Waals surface area contributed by atoms with E-state index in [1.807, 2.05) is 0 Å². The van der Waals surface area contributed by atoms with Gasteiger partial charge >= 0.3 is 5.82 Å². The quantitative estimate of drug-likeness (QED) is 0.582. The van der Waals surface area contributed by atoms with Gasteiger partial charge < -0.3 is 14.9 Å². The molecule has 0 N–H and O–H groups in total. The van der Waals surface area contributed by atoms with E-state index >= 15 is 0 Å². The number of pyridine rings is 1. The SMILES string of the molecule is COc1c([N+](=O)[O-])ncc(C#N)c1C(F)F. The molecule has 0 saturated heterocycles. The normalized spacial score (nSPS) is 9.94. The zero-order valence-electron chi connectivity index (χ0n) is 7.98. The van der Waals surface area contributed by atoms with E-state index < -0.39 is 34.0 Å². The van der Waals surface area contributed by atoms with Crippen LogP contribution >= 0.6 is 0 Å². The summed E-state index contributed by atoms with van der Waals surface area (Å²) in [4.78, 5) is 12.8. The highest BCUT2D eigenvalue weighted by molar-refractivity contribution is 5.54. The van der Waals surface area contributed by atoms with Crippen molar-refractivity contribution < 1.29 is 18.4 Å². The van der Waals surface area contributed by atoms with E-state index in [0.29, 0.717) is 0 Å². The summed E-state index contributed by atoms with van der Waals surface area (Å²) in [5.41, 5.74) is -1.26. The Morgan fingerprint density at radius 1 is 1.69 bits per heavy atom. The molecular formula is C8H5F2N3O3. The average Bonchev–Trinajstić information content (AvgIpc) is 2.26. The van der Waals surface area contributed by atoms with Crippen LogP contribution in [-0.2, 0) is 0 Å². The van der Waals surface area contributed by atoms with Crippen LogP contribution in [0.4, 0.5) is 14.6 Å². The summed E-state index contributed by atoms with van der Waals surface area (Å²) in [5, 5.41) is 19.1. The predicted octanol–water partition coefficient (Wildman–Crippen LogP) is 1.81.